The van der Waals surface area contributed by atoms with Crippen LogP contribution in [-0.2, 0) is 4.79 Å². The predicted octanol–water partition coefficient (Wildman–Crippen LogP) is 4.34. The smallest absolute Gasteiger partial charge is 0.225 e. The van der Waals surface area contributed by atoms with Crippen LogP contribution in [0.1, 0.15) is 23.2 Å². The van der Waals surface area contributed by atoms with E-state index in [1.807, 2.05) is 32.0 Å². The van der Waals surface area contributed by atoms with Gasteiger partial charge in [-0.15, -0.1) is 11.8 Å². The summed E-state index contributed by atoms with van der Waals surface area (Å²) in [6, 6.07) is 11.2. The summed E-state index contributed by atoms with van der Waals surface area (Å²) >= 11 is 7.42. The Labute approximate surface area is 144 Å². The molecule has 1 amide bonds. The maximum Gasteiger partial charge on any atom is 0.225 e. The Morgan fingerprint density at radius 3 is 2.83 bits per heavy atom. The summed E-state index contributed by atoms with van der Waals surface area (Å²) in [6.45, 7) is 3.78. The Morgan fingerprint density at radius 2 is 2.13 bits per heavy atom. The van der Waals surface area contributed by atoms with Crippen molar-refractivity contribution in [1.82, 2.24) is 4.98 Å². The maximum atomic E-state index is 12.0. The minimum absolute atomic E-state index is 0.117. The normalized spacial score (nSPS) is 10.2. The molecule has 23 heavy (non-hydrogen) atoms. The lowest BCUT2D eigenvalue weighted by molar-refractivity contribution is -0.115. The van der Waals surface area contributed by atoms with Crippen LogP contribution in [0.4, 0.5) is 5.69 Å². The van der Waals surface area contributed by atoms with Gasteiger partial charge in [-0.1, -0.05) is 23.7 Å². The first kappa shape index (κ1) is 17.3. The summed E-state index contributed by atoms with van der Waals surface area (Å²) in [4.78, 5) is 16.4. The molecule has 0 aliphatic rings. The number of aryl methyl sites for hydroxylation is 2. The Morgan fingerprint density at radius 1 is 1.39 bits per heavy atom. The number of thioether (sulfide) groups is 1. The highest BCUT2D eigenvalue weighted by atomic mass is 35.5. The number of carbonyl (C=O) groups excluding carboxylic acids is 1. The number of amides is 1. The molecule has 1 heterocycles. The zero-order chi connectivity index (χ0) is 16.8. The van der Waals surface area contributed by atoms with Gasteiger partial charge in [-0.3, -0.25) is 4.79 Å². The van der Waals surface area contributed by atoms with E-state index in [-0.39, 0.29) is 5.91 Å². The fourth-order valence-corrected chi connectivity index (χ4v) is 3.28. The first-order valence-corrected chi connectivity index (χ1v) is 8.43. The number of halogens is 1. The van der Waals surface area contributed by atoms with Crippen molar-refractivity contribution in [3.05, 3.63) is 52.2 Å². The van der Waals surface area contributed by atoms with E-state index < -0.39 is 0 Å². The Bertz CT molecular complexity index is 771. The second-order valence-corrected chi connectivity index (χ2v) is 6.49. The zero-order valence-electron chi connectivity index (χ0n) is 12.9. The van der Waals surface area contributed by atoms with E-state index in [0.717, 1.165) is 11.3 Å². The van der Waals surface area contributed by atoms with E-state index in [1.54, 1.807) is 12.1 Å². The largest absolute Gasteiger partial charge is 0.325 e. The van der Waals surface area contributed by atoms with Gasteiger partial charge in [0.15, 0.2) is 0 Å². The fraction of sp³-hybridized carbons (Fsp3) is 0.235. The molecule has 2 aromatic rings. The van der Waals surface area contributed by atoms with E-state index in [9.17, 15) is 10.1 Å². The number of hydrogen-bond donors (Lipinski definition) is 1. The summed E-state index contributed by atoms with van der Waals surface area (Å²) in [5.74, 6) is 0.425. The highest BCUT2D eigenvalue weighted by Crippen LogP contribution is 2.25. The predicted molar refractivity (Wildman–Crippen MR) is 93.8 cm³/mol. The molecule has 0 radical (unpaired) electrons. The van der Waals surface area contributed by atoms with Gasteiger partial charge >= 0.3 is 0 Å². The second-order valence-electron chi connectivity index (χ2n) is 5.00. The van der Waals surface area contributed by atoms with Gasteiger partial charge in [-0.05, 0) is 37.6 Å². The molecule has 0 aliphatic heterocycles. The van der Waals surface area contributed by atoms with Crippen molar-refractivity contribution in [3.8, 4) is 6.07 Å². The van der Waals surface area contributed by atoms with Gasteiger partial charge in [0.2, 0.25) is 5.91 Å². The number of nitrogens with one attached hydrogen (secondary N) is 1. The molecule has 2 rings (SSSR count). The topological polar surface area (TPSA) is 65.8 Å². The van der Waals surface area contributed by atoms with Crippen LogP contribution < -0.4 is 5.32 Å². The minimum atomic E-state index is -0.117. The number of benzene rings is 1. The highest BCUT2D eigenvalue weighted by molar-refractivity contribution is 7.99. The van der Waals surface area contributed by atoms with Crippen LogP contribution in [-0.4, -0.2) is 16.6 Å². The molecule has 0 saturated carbocycles. The quantitative estimate of drug-likeness (QED) is 0.818. The summed E-state index contributed by atoms with van der Waals surface area (Å²) in [7, 11) is 0. The van der Waals surface area contributed by atoms with Gasteiger partial charge in [-0.25, -0.2) is 4.98 Å². The Kier molecular flexibility index (Phi) is 6.03. The molecule has 0 aliphatic carbocycles. The van der Waals surface area contributed by atoms with Crippen LogP contribution in [0.3, 0.4) is 0 Å². The first-order chi connectivity index (χ1) is 11.0. The van der Waals surface area contributed by atoms with Crippen molar-refractivity contribution < 1.29 is 4.79 Å². The SMILES string of the molecule is Cc1cc(C)c(C#N)c(SCCC(=O)Nc2ccccc2Cl)n1. The Hall–Kier alpha value is -2.03. The van der Waals surface area contributed by atoms with Crippen LogP contribution in [0.2, 0.25) is 5.02 Å². The second kappa shape index (κ2) is 8.00. The fourth-order valence-electron chi connectivity index (χ4n) is 2.06. The van der Waals surface area contributed by atoms with E-state index in [4.69, 9.17) is 11.6 Å². The molecule has 4 nitrogen and oxygen atoms in total. The van der Waals surface area contributed by atoms with Crippen LogP contribution in [0.15, 0.2) is 35.4 Å². The molecular weight excluding hydrogens is 330 g/mol. The standard InChI is InChI=1S/C17H16ClN3OS/c1-11-9-12(2)20-17(13(11)10-19)23-8-7-16(22)21-15-6-4-3-5-14(15)18/h3-6,9H,7-8H2,1-2H3,(H,21,22). The molecule has 0 unspecified atom stereocenters. The van der Waals surface area contributed by atoms with Crippen LogP contribution >= 0.6 is 23.4 Å². The van der Waals surface area contributed by atoms with Gasteiger partial charge in [0.25, 0.3) is 0 Å². The average Bonchev–Trinajstić information content (AvgIpc) is 2.49. The lowest BCUT2D eigenvalue weighted by atomic mass is 10.1. The number of hydrogen-bond acceptors (Lipinski definition) is 4. The number of aromatic nitrogens is 1. The van der Waals surface area contributed by atoms with Crippen molar-refractivity contribution >= 4 is 35.0 Å². The summed E-state index contributed by atoms with van der Waals surface area (Å²) in [5, 5.41) is 13.2. The number of carbonyl (C=O) groups is 1. The van der Waals surface area contributed by atoms with Gasteiger partial charge in [-0.2, -0.15) is 5.26 Å². The number of pyridine rings is 1. The van der Waals surface area contributed by atoms with Gasteiger partial charge in [0.1, 0.15) is 11.1 Å². The average molecular weight is 346 g/mol. The van der Waals surface area contributed by atoms with E-state index in [1.165, 1.54) is 11.8 Å². The number of rotatable bonds is 5. The molecule has 1 aromatic heterocycles. The zero-order valence-corrected chi connectivity index (χ0v) is 14.5. The Balaban J connectivity index is 1.94. The van der Waals surface area contributed by atoms with E-state index >= 15 is 0 Å². The van der Waals surface area contributed by atoms with Crippen molar-refractivity contribution in [3.63, 3.8) is 0 Å². The van der Waals surface area contributed by atoms with Gasteiger partial charge in [0, 0.05) is 17.9 Å². The van der Waals surface area contributed by atoms with Gasteiger partial charge in [0.05, 0.1) is 16.3 Å². The maximum absolute atomic E-state index is 12.0. The molecule has 0 spiro atoms. The number of nitriles is 1. The van der Waals surface area contributed by atoms with Crippen LogP contribution in [0.5, 0.6) is 0 Å². The monoisotopic (exact) mass is 345 g/mol. The molecular formula is C17H16ClN3OS. The van der Waals surface area contributed by atoms with Crippen molar-refractivity contribution in [2.24, 2.45) is 0 Å². The molecule has 118 valence electrons. The first-order valence-electron chi connectivity index (χ1n) is 7.06. The lowest BCUT2D eigenvalue weighted by Crippen LogP contribution is -2.12. The van der Waals surface area contributed by atoms with Crippen LogP contribution in [0.25, 0.3) is 0 Å². The van der Waals surface area contributed by atoms with Crippen molar-refractivity contribution in [2.75, 3.05) is 11.1 Å². The molecule has 1 aromatic carbocycles. The molecule has 0 bridgehead atoms. The molecule has 0 saturated heterocycles. The van der Waals surface area contributed by atoms with E-state index in [2.05, 4.69) is 16.4 Å². The van der Waals surface area contributed by atoms with Crippen LogP contribution in [0, 0.1) is 25.2 Å². The van der Waals surface area contributed by atoms with Crippen molar-refractivity contribution in [2.45, 2.75) is 25.3 Å². The summed E-state index contributed by atoms with van der Waals surface area (Å²) < 4.78 is 0. The lowest BCUT2D eigenvalue weighted by Gasteiger charge is -2.08. The van der Waals surface area contributed by atoms with Gasteiger partial charge < -0.3 is 5.32 Å². The molecule has 1 N–H and O–H groups in total. The number of nitrogens with zero attached hydrogens (tertiary/aromatic N) is 2. The number of para-hydroxylation sites is 1. The summed E-state index contributed by atoms with van der Waals surface area (Å²) in [6.07, 6.45) is 0.315. The van der Waals surface area contributed by atoms with E-state index in [0.29, 0.717) is 33.5 Å². The third kappa shape index (κ3) is 4.72. The molecule has 6 heteroatoms. The summed E-state index contributed by atoms with van der Waals surface area (Å²) in [5.41, 5.74) is 2.95. The highest BCUT2D eigenvalue weighted by Gasteiger charge is 2.11. The third-order valence-corrected chi connectivity index (χ3v) is 4.45. The number of anilines is 1. The molecule has 0 atom stereocenters. The van der Waals surface area contributed by atoms with Crippen molar-refractivity contribution in [1.29, 1.82) is 5.26 Å². The third-order valence-electron chi connectivity index (χ3n) is 3.14. The minimum Gasteiger partial charge on any atom is -0.325 e. The molecule has 0 fully saturated rings.